The summed E-state index contributed by atoms with van der Waals surface area (Å²) in [6.45, 7) is 8.63. The Morgan fingerprint density at radius 3 is 2.15 bits per heavy atom. The van der Waals surface area contributed by atoms with Crippen molar-refractivity contribution < 1.29 is 9.59 Å². The minimum atomic E-state index is -0.424. The van der Waals surface area contributed by atoms with Gasteiger partial charge in [-0.15, -0.1) is 0 Å². The van der Waals surface area contributed by atoms with Gasteiger partial charge in [-0.3, -0.25) is 14.9 Å². The molecule has 1 fully saturated rings. The van der Waals surface area contributed by atoms with Crippen molar-refractivity contribution in [2.45, 2.75) is 19.8 Å². The smallest absolute Gasteiger partial charge is 0.253 e. The Labute approximate surface area is 77.5 Å². The van der Waals surface area contributed by atoms with Crippen molar-refractivity contribution in [3.05, 3.63) is 24.3 Å². The third-order valence-electron chi connectivity index (χ3n) is 1.98. The molecule has 0 unspecified atom stereocenters. The summed E-state index contributed by atoms with van der Waals surface area (Å²) >= 11 is 0. The van der Waals surface area contributed by atoms with Gasteiger partial charge in [-0.2, -0.15) is 0 Å². The Kier molecular flexibility index (Phi) is 2.66. The molecule has 1 N–H and O–H groups in total. The van der Waals surface area contributed by atoms with E-state index in [1.165, 1.54) is 0 Å². The lowest BCUT2D eigenvalue weighted by molar-refractivity contribution is -0.126. The predicted molar refractivity (Wildman–Crippen MR) is 49.8 cm³/mol. The summed E-state index contributed by atoms with van der Waals surface area (Å²) in [5.74, 6) is -0.500. The Morgan fingerprint density at radius 2 is 1.77 bits per heavy atom. The van der Waals surface area contributed by atoms with Crippen LogP contribution in [0.15, 0.2) is 24.3 Å². The SMILES string of the molecule is C=C(C)C(=O)NC(=O)C(=C)C1CC1. The lowest BCUT2D eigenvalue weighted by Crippen LogP contribution is -2.32. The van der Waals surface area contributed by atoms with Crippen molar-refractivity contribution in [3.8, 4) is 0 Å². The van der Waals surface area contributed by atoms with Crippen LogP contribution in [-0.4, -0.2) is 11.8 Å². The van der Waals surface area contributed by atoms with Gasteiger partial charge in [-0.1, -0.05) is 13.2 Å². The van der Waals surface area contributed by atoms with Crippen molar-refractivity contribution in [2.24, 2.45) is 5.92 Å². The largest absolute Gasteiger partial charge is 0.289 e. The maximum Gasteiger partial charge on any atom is 0.253 e. The van der Waals surface area contributed by atoms with E-state index in [2.05, 4.69) is 18.5 Å². The summed E-state index contributed by atoms with van der Waals surface area (Å²) in [6.07, 6.45) is 2.01. The fourth-order valence-corrected chi connectivity index (χ4v) is 0.907. The molecular weight excluding hydrogens is 166 g/mol. The molecule has 3 heteroatoms. The van der Waals surface area contributed by atoms with Gasteiger partial charge in [0.05, 0.1) is 0 Å². The minimum absolute atomic E-state index is 0.290. The van der Waals surface area contributed by atoms with E-state index in [0.717, 1.165) is 12.8 Å². The van der Waals surface area contributed by atoms with Crippen LogP contribution in [0.3, 0.4) is 0 Å². The Hall–Kier alpha value is -1.38. The first-order valence-electron chi connectivity index (χ1n) is 4.22. The number of hydrogen-bond acceptors (Lipinski definition) is 2. The van der Waals surface area contributed by atoms with E-state index in [4.69, 9.17) is 0 Å². The van der Waals surface area contributed by atoms with E-state index < -0.39 is 5.91 Å². The summed E-state index contributed by atoms with van der Waals surface area (Å²) in [5, 5.41) is 2.22. The molecule has 1 aliphatic rings. The van der Waals surface area contributed by atoms with Crippen molar-refractivity contribution >= 4 is 11.8 Å². The van der Waals surface area contributed by atoms with Gasteiger partial charge in [0.1, 0.15) is 0 Å². The molecular formula is C10H13NO2. The Morgan fingerprint density at radius 1 is 1.23 bits per heavy atom. The molecule has 70 valence electrons. The highest BCUT2D eigenvalue weighted by Gasteiger charge is 2.29. The number of rotatable bonds is 3. The average molecular weight is 179 g/mol. The van der Waals surface area contributed by atoms with Crippen molar-refractivity contribution in [2.75, 3.05) is 0 Å². The van der Waals surface area contributed by atoms with Crippen LogP contribution in [0, 0.1) is 5.92 Å². The summed E-state index contributed by atoms with van der Waals surface area (Å²) in [7, 11) is 0. The van der Waals surface area contributed by atoms with E-state index in [1.807, 2.05) is 0 Å². The van der Waals surface area contributed by atoms with Crippen LogP contribution in [0.25, 0.3) is 0 Å². The molecule has 0 spiro atoms. The van der Waals surface area contributed by atoms with Gasteiger partial charge in [0, 0.05) is 11.1 Å². The molecule has 1 aliphatic carbocycles. The molecule has 0 atom stereocenters. The minimum Gasteiger partial charge on any atom is -0.289 e. The number of imide groups is 1. The highest BCUT2D eigenvalue weighted by Crippen LogP contribution is 2.35. The van der Waals surface area contributed by atoms with E-state index in [9.17, 15) is 9.59 Å². The number of carbonyl (C=O) groups is 2. The number of hydrogen-bond donors (Lipinski definition) is 1. The monoisotopic (exact) mass is 179 g/mol. The van der Waals surface area contributed by atoms with Gasteiger partial charge < -0.3 is 0 Å². The van der Waals surface area contributed by atoms with Crippen LogP contribution in [0.2, 0.25) is 0 Å². The van der Waals surface area contributed by atoms with Crippen LogP contribution in [-0.2, 0) is 9.59 Å². The molecule has 1 rings (SSSR count). The molecule has 0 aromatic heterocycles. The summed E-state index contributed by atoms with van der Waals surface area (Å²) < 4.78 is 0. The molecule has 1 saturated carbocycles. The van der Waals surface area contributed by atoms with Crippen LogP contribution in [0.4, 0.5) is 0 Å². The molecule has 0 bridgehead atoms. The maximum absolute atomic E-state index is 11.3. The predicted octanol–water partition coefficient (Wildman–Crippen LogP) is 1.17. The first-order chi connectivity index (χ1) is 6.02. The topological polar surface area (TPSA) is 46.2 Å². The number of nitrogens with one attached hydrogen (secondary N) is 1. The molecule has 3 nitrogen and oxygen atoms in total. The van der Waals surface area contributed by atoms with Crippen LogP contribution < -0.4 is 5.32 Å². The van der Waals surface area contributed by atoms with Crippen molar-refractivity contribution in [3.63, 3.8) is 0 Å². The standard InChI is InChI=1S/C10H13NO2/c1-6(2)9(12)11-10(13)7(3)8-4-5-8/h8H,1,3-5H2,2H3,(H,11,12,13). The third kappa shape index (κ3) is 2.54. The molecule has 0 radical (unpaired) electrons. The second-order valence-electron chi connectivity index (χ2n) is 3.36. The highest BCUT2D eigenvalue weighted by molar-refractivity contribution is 6.09. The van der Waals surface area contributed by atoms with Crippen LogP contribution >= 0.6 is 0 Å². The van der Waals surface area contributed by atoms with Gasteiger partial charge >= 0.3 is 0 Å². The second kappa shape index (κ2) is 3.56. The average Bonchev–Trinajstić information content (AvgIpc) is 2.85. The van der Waals surface area contributed by atoms with Gasteiger partial charge in [-0.05, 0) is 25.7 Å². The highest BCUT2D eigenvalue weighted by atomic mass is 16.2. The van der Waals surface area contributed by atoms with Crippen LogP contribution in [0.5, 0.6) is 0 Å². The Balaban J connectivity index is 2.44. The number of carbonyl (C=O) groups excluding carboxylic acids is 2. The maximum atomic E-state index is 11.3. The Bertz CT molecular complexity index is 287. The fraction of sp³-hybridized carbons (Fsp3) is 0.400. The summed E-state index contributed by atoms with van der Waals surface area (Å²) in [4.78, 5) is 22.3. The molecule has 0 saturated heterocycles. The van der Waals surface area contributed by atoms with Gasteiger partial charge in [0.25, 0.3) is 11.8 Å². The zero-order valence-corrected chi connectivity index (χ0v) is 7.72. The molecule has 2 amide bonds. The van der Waals surface area contributed by atoms with E-state index in [0.29, 0.717) is 11.1 Å². The normalized spacial score (nSPS) is 14.8. The van der Waals surface area contributed by atoms with E-state index >= 15 is 0 Å². The molecule has 0 aromatic rings. The number of amides is 2. The first-order valence-corrected chi connectivity index (χ1v) is 4.22. The second-order valence-corrected chi connectivity index (χ2v) is 3.36. The fourth-order valence-electron chi connectivity index (χ4n) is 0.907. The first kappa shape index (κ1) is 9.71. The van der Waals surface area contributed by atoms with Crippen molar-refractivity contribution in [1.29, 1.82) is 0 Å². The molecule has 0 heterocycles. The molecule has 13 heavy (non-hydrogen) atoms. The third-order valence-corrected chi connectivity index (χ3v) is 1.98. The van der Waals surface area contributed by atoms with E-state index in [-0.39, 0.29) is 11.8 Å². The lowest BCUT2D eigenvalue weighted by atomic mass is 10.2. The zero-order valence-electron chi connectivity index (χ0n) is 7.72. The lowest BCUT2D eigenvalue weighted by Gasteiger charge is -2.04. The van der Waals surface area contributed by atoms with Crippen molar-refractivity contribution in [1.82, 2.24) is 5.32 Å². The summed E-state index contributed by atoms with van der Waals surface area (Å²) in [6, 6.07) is 0. The van der Waals surface area contributed by atoms with Gasteiger partial charge in [-0.25, -0.2) is 0 Å². The van der Waals surface area contributed by atoms with Gasteiger partial charge in [0.15, 0.2) is 0 Å². The van der Waals surface area contributed by atoms with Crippen LogP contribution in [0.1, 0.15) is 19.8 Å². The van der Waals surface area contributed by atoms with E-state index in [1.54, 1.807) is 6.92 Å². The molecule has 0 aliphatic heterocycles. The molecule has 0 aromatic carbocycles. The summed E-state index contributed by atoms with van der Waals surface area (Å²) in [5.41, 5.74) is 0.839. The quantitative estimate of drug-likeness (QED) is 0.661. The zero-order chi connectivity index (χ0) is 10.0. The van der Waals surface area contributed by atoms with Gasteiger partial charge in [0.2, 0.25) is 0 Å².